The largest absolute Gasteiger partial charge is 0.384 e. The summed E-state index contributed by atoms with van der Waals surface area (Å²) >= 11 is 1.53. The van der Waals surface area contributed by atoms with Crippen LogP contribution >= 0.6 is 35.3 Å². The molecule has 142 valence electrons. The number of thiophene rings is 1. The minimum absolute atomic E-state index is 0. The van der Waals surface area contributed by atoms with Crippen molar-refractivity contribution in [3.8, 4) is 0 Å². The Balaban J connectivity index is 0.00000338. The number of rotatable bonds is 7. The summed E-state index contributed by atoms with van der Waals surface area (Å²) in [7, 11) is 0. The van der Waals surface area contributed by atoms with Gasteiger partial charge in [0.1, 0.15) is 5.60 Å². The van der Waals surface area contributed by atoms with Gasteiger partial charge in [-0.3, -0.25) is 10.1 Å². The van der Waals surface area contributed by atoms with Gasteiger partial charge in [-0.25, -0.2) is 4.99 Å². The molecular formula is C17H23IN4O3S. The van der Waals surface area contributed by atoms with Crippen LogP contribution in [0.3, 0.4) is 0 Å². The van der Waals surface area contributed by atoms with E-state index < -0.39 is 10.5 Å². The van der Waals surface area contributed by atoms with Crippen LogP contribution in [0.4, 0.5) is 5.69 Å². The summed E-state index contributed by atoms with van der Waals surface area (Å²) in [4.78, 5) is 14.8. The van der Waals surface area contributed by atoms with E-state index in [4.69, 9.17) is 0 Å². The van der Waals surface area contributed by atoms with Crippen molar-refractivity contribution >= 4 is 47.0 Å². The van der Waals surface area contributed by atoms with Crippen molar-refractivity contribution in [1.82, 2.24) is 10.6 Å². The Bertz CT molecular complexity index is 735. The summed E-state index contributed by atoms with van der Waals surface area (Å²) in [6.45, 7) is 4.96. The number of halogens is 1. The van der Waals surface area contributed by atoms with Crippen LogP contribution in [0, 0.1) is 10.1 Å². The van der Waals surface area contributed by atoms with Gasteiger partial charge in [0, 0.05) is 18.7 Å². The number of nitro benzene ring substituents is 1. The standard InChI is InChI=1S/C17H22N4O3S.HI/c1-3-18-16(20-12-17(2,22)14-7-8-25-11-14)19-10-13-5-4-6-15(9-13)21(23)24;/h4-9,11,22H,3,10,12H2,1-2H3,(H2,18,19,20);1H. The molecule has 1 unspecified atom stereocenters. The van der Waals surface area contributed by atoms with Gasteiger partial charge < -0.3 is 15.7 Å². The summed E-state index contributed by atoms with van der Waals surface area (Å²) in [5.74, 6) is 0.546. The minimum Gasteiger partial charge on any atom is -0.384 e. The number of hydrogen-bond acceptors (Lipinski definition) is 5. The van der Waals surface area contributed by atoms with Gasteiger partial charge in [-0.2, -0.15) is 11.3 Å². The van der Waals surface area contributed by atoms with Crippen LogP contribution in [-0.4, -0.2) is 29.1 Å². The van der Waals surface area contributed by atoms with Crippen LogP contribution in [0.1, 0.15) is 25.0 Å². The Morgan fingerprint density at radius 1 is 1.38 bits per heavy atom. The highest BCUT2D eigenvalue weighted by atomic mass is 127. The number of benzene rings is 1. The van der Waals surface area contributed by atoms with Crippen LogP contribution in [0.5, 0.6) is 0 Å². The van der Waals surface area contributed by atoms with E-state index in [9.17, 15) is 15.2 Å². The normalized spacial score (nSPS) is 13.4. The fourth-order valence-corrected chi connectivity index (χ4v) is 2.99. The summed E-state index contributed by atoms with van der Waals surface area (Å²) in [5, 5.41) is 31.5. The molecule has 26 heavy (non-hydrogen) atoms. The molecule has 0 aliphatic carbocycles. The average molecular weight is 490 g/mol. The number of aliphatic hydroxyl groups is 1. The van der Waals surface area contributed by atoms with E-state index in [1.165, 1.54) is 23.5 Å². The first-order chi connectivity index (χ1) is 11.9. The first-order valence-corrected chi connectivity index (χ1v) is 8.87. The van der Waals surface area contributed by atoms with Gasteiger partial charge in [-0.05, 0) is 41.8 Å². The van der Waals surface area contributed by atoms with E-state index in [0.29, 0.717) is 25.6 Å². The number of hydrogen-bond donors (Lipinski definition) is 3. The van der Waals surface area contributed by atoms with E-state index in [0.717, 1.165) is 11.1 Å². The van der Waals surface area contributed by atoms with E-state index >= 15 is 0 Å². The van der Waals surface area contributed by atoms with Crippen LogP contribution in [0.2, 0.25) is 0 Å². The van der Waals surface area contributed by atoms with E-state index in [-0.39, 0.29) is 29.7 Å². The molecule has 1 atom stereocenters. The van der Waals surface area contributed by atoms with Crippen LogP contribution in [-0.2, 0) is 12.1 Å². The highest BCUT2D eigenvalue weighted by Gasteiger charge is 2.23. The zero-order valence-electron chi connectivity index (χ0n) is 14.6. The Labute approximate surface area is 173 Å². The van der Waals surface area contributed by atoms with E-state index in [1.54, 1.807) is 19.1 Å². The minimum atomic E-state index is -1.01. The third-order valence-electron chi connectivity index (χ3n) is 3.63. The molecule has 2 aromatic rings. The summed E-state index contributed by atoms with van der Waals surface area (Å²) in [6, 6.07) is 8.29. The predicted molar refractivity (Wildman–Crippen MR) is 115 cm³/mol. The zero-order valence-corrected chi connectivity index (χ0v) is 17.8. The Morgan fingerprint density at radius 2 is 2.15 bits per heavy atom. The summed E-state index contributed by atoms with van der Waals surface area (Å²) in [5.41, 5.74) is 0.628. The molecule has 0 saturated carbocycles. The van der Waals surface area contributed by atoms with Gasteiger partial charge in [0.25, 0.3) is 5.69 Å². The van der Waals surface area contributed by atoms with Gasteiger partial charge in [-0.1, -0.05) is 12.1 Å². The van der Waals surface area contributed by atoms with E-state index in [1.807, 2.05) is 23.8 Å². The molecule has 0 radical (unpaired) electrons. The van der Waals surface area contributed by atoms with Crippen molar-refractivity contribution in [3.63, 3.8) is 0 Å². The number of nitro groups is 1. The second-order valence-electron chi connectivity index (χ2n) is 5.76. The maximum Gasteiger partial charge on any atom is 0.269 e. The molecule has 1 aromatic heterocycles. The molecule has 0 aliphatic heterocycles. The smallest absolute Gasteiger partial charge is 0.269 e. The number of guanidine groups is 1. The third kappa shape index (κ3) is 6.54. The Morgan fingerprint density at radius 3 is 2.77 bits per heavy atom. The van der Waals surface area contributed by atoms with Gasteiger partial charge in [-0.15, -0.1) is 24.0 Å². The number of non-ortho nitro benzene ring substituents is 1. The molecule has 0 amide bonds. The number of nitrogens with zero attached hydrogens (tertiary/aromatic N) is 2. The lowest BCUT2D eigenvalue weighted by Crippen LogP contribution is -2.44. The molecule has 2 rings (SSSR count). The molecule has 0 fully saturated rings. The quantitative estimate of drug-likeness (QED) is 0.182. The maximum atomic E-state index is 10.8. The lowest BCUT2D eigenvalue weighted by Gasteiger charge is -2.24. The fraction of sp³-hybridized carbons (Fsp3) is 0.353. The molecule has 1 aromatic carbocycles. The van der Waals surface area contributed by atoms with Crippen molar-refractivity contribution in [2.75, 3.05) is 13.1 Å². The molecule has 9 heteroatoms. The molecule has 7 nitrogen and oxygen atoms in total. The first-order valence-electron chi connectivity index (χ1n) is 7.93. The van der Waals surface area contributed by atoms with Gasteiger partial charge in [0.15, 0.2) is 5.96 Å². The monoisotopic (exact) mass is 490 g/mol. The van der Waals surface area contributed by atoms with Crippen molar-refractivity contribution in [2.24, 2.45) is 4.99 Å². The molecule has 3 N–H and O–H groups in total. The topological polar surface area (TPSA) is 99.8 Å². The van der Waals surface area contributed by atoms with Crippen LogP contribution in [0.15, 0.2) is 46.1 Å². The maximum absolute atomic E-state index is 10.8. The highest BCUT2D eigenvalue weighted by Crippen LogP contribution is 2.22. The van der Waals surface area contributed by atoms with Gasteiger partial charge in [0.05, 0.1) is 18.0 Å². The second-order valence-corrected chi connectivity index (χ2v) is 6.54. The lowest BCUT2D eigenvalue weighted by molar-refractivity contribution is -0.384. The van der Waals surface area contributed by atoms with Gasteiger partial charge in [0.2, 0.25) is 0 Å². The molecule has 0 bridgehead atoms. The number of nitrogens with one attached hydrogen (secondary N) is 2. The molecule has 0 spiro atoms. The Kier molecular flexibility index (Phi) is 8.96. The van der Waals surface area contributed by atoms with Crippen LogP contribution < -0.4 is 10.6 Å². The zero-order chi connectivity index (χ0) is 18.3. The van der Waals surface area contributed by atoms with Gasteiger partial charge >= 0.3 is 0 Å². The Hall–Kier alpha value is -1.72. The molecule has 0 aliphatic rings. The van der Waals surface area contributed by atoms with Crippen molar-refractivity contribution < 1.29 is 10.0 Å². The molecule has 0 saturated heterocycles. The van der Waals surface area contributed by atoms with E-state index in [2.05, 4.69) is 15.6 Å². The summed E-state index contributed by atoms with van der Waals surface area (Å²) < 4.78 is 0. The SMILES string of the molecule is CCNC(=NCc1cccc([N+](=O)[O-])c1)NCC(C)(O)c1ccsc1.I. The molecule has 1 heterocycles. The fourth-order valence-electron chi connectivity index (χ4n) is 2.21. The highest BCUT2D eigenvalue weighted by molar-refractivity contribution is 14.0. The third-order valence-corrected chi connectivity index (χ3v) is 4.31. The first kappa shape index (κ1) is 22.3. The lowest BCUT2D eigenvalue weighted by atomic mass is 9.99. The van der Waals surface area contributed by atoms with Crippen molar-refractivity contribution in [3.05, 3.63) is 62.3 Å². The summed E-state index contributed by atoms with van der Waals surface area (Å²) in [6.07, 6.45) is 0. The average Bonchev–Trinajstić information content (AvgIpc) is 3.13. The second kappa shape index (κ2) is 10.4. The van der Waals surface area contributed by atoms with Crippen LogP contribution in [0.25, 0.3) is 0 Å². The molecular weight excluding hydrogens is 467 g/mol. The van der Waals surface area contributed by atoms with Crippen molar-refractivity contribution in [2.45, 2.75) is 26.0 Å². The van der Waals surface area contributed by atoms with Crippen molar-refractivity contribution in [1.29, 1.82) is 0 Å². The predicted octanol–water partition coefficient (Wildman–Crippen LogP) is 3.24. The number of aliphatic imine (C=N–C) groups is 1.